The Bertz CT molecular complexity index is 1150. The normalized spacial score (nSPS) is 34.0. The molecule has 0 heterocycles. The van der Waals surface area contributed by atoms with Gasteiger partial charge in [-0.3, -0.25) is 0 Å². The zero-order chi connectivity index (χ0) is 27.7. The lowest BCUT2D eigenvalue weighted by Gasteiger charge is -2.45. The third kappa shape index (κ3) is 5.90. The summed E-state index contributed by atoms with van der Waals surface area (Å²) < 4.78 is 27.9. The summed E-state index contributed by atoms with van der Waals surface area (Å²) in [4.78, 5) is 0.452. The molecule has 1 aromatic carbocycles. The molecule has 4 nitrogen and oxygen atoms in total. The van der Waals surface area contributed by atoms with E-state index in [0.29, 0.717) is 41.9 Å². The van der Waals surface area contributed by atoms with Crippen LogP contribution < -0.4 is 0 Å². The summed E-state index contributed by atoms with van der Waals surface area (Å²) >= 11 is 0. The molecule has 2 N–H and O–H groups in total. The van der Waals surface area contributed by atoms with Crippen molar-refractivity contribution in [2.24, 2.45) is 29.1 Å². The number of hydrogen-bond acceptors (Lipinski definition) is 4. The minimum absolute atomic E-state index is 0.0763. The van der Waals surface area contributed by atoms with E-state index in [9.17, 15) is 18.6 Å². The minimum atomic E-state index is -3.43. The Kier molecular flexibility index (Phi) is 9.11. The molecule has 0 spiro atoms. The summed E-state index contributed by atoms with van der Waals surface area (Å²) in [6.07, 6.45) is 11.1. The lowest BCUT2D eigenvalue weighted by molar-refractivity contribution is 0.0861. The first-order valence-corrected chi connectivity index (χ1v) is 16.2. The van der Waals surface area contributed by atoms with Crippen molar-refractivity contribution < 1.29 is 18.6 Å². The fourth-order valence-corrected chi connectivity index (χ4v) is 9.94. The predicted octanol–water partition coefficient (Wildman–Crippen LogP) is 7.04. The predicted molar refractivity (Wildman–Crippen MR) is 155 cm³/mol. The van der Waals surface area contributed by atoms with Crippen LogP contribution in [0, 0.1) is 29.1 Å². The maximum atomic E-state index is 14.0. The second kappa shape index (κ2) is 11.8. The molecule has 38 heavy (non-hydrogen) atoms. The number of rotatable bonds is 8. The number of benzene rings is 1. The first kappa shape index (κ1) is 29.3. The van der Waals surface area contributed by atoms with Gasteiger partial charge in [0, 0.05) is 6.42 Å². The number of fused-ring (bicyclic) bond motifs is 1. The lowest BCUT2D eigenvalue weighted by Crippen LogP contribution is -2.41. The van der Waals surface area contributed by atoms with E-state index in [1.807, 2.05) is 18.2 Å². The largest absolute Gasteiger partial charge is 0.393 e. The lowest BCUT2D eigenvalue weighted by atomic mass is 9.60. The Morgan fingerprint density at radius 1 is 1.08 bits per heavy atom. The standard InChI is InChI=1S/C33H48O4S/c1-22(2)13-18-32(38(36,37)28-11-7-6-8-12-28)24(4)29-16-17-30-25(10-9-19-33(29,30)5)14-15-26-20-27(34)21-31(35)23(26)3/h6-8,11-12,14-15,22,24,27,29-32,34-35H,3,9-10,13,16-21H2,1-2,4-5H3/b25-14+,26-15-/t24-,27+,29+,30-,31-,32?,33+/m0/s1. The highest BCUT2D eigenvalue weighted by molar-refractivity contribution is 7.92. The summed E-state index contributed by atoms with van der Waals surface area (Å²) in [5.74, 6) is 1.34. The highest BCUT2D eigenvalue weighted by Crippen LogP contribution is 2.60. The molecule has 3 saturated carbocycles. The van der Waals surface area contributed by atoms with Crippen LogP contribution in [0.2, 0.25) is 0 Å². The van der Waals surface area contributed by atoms with Crippen LogP contribution in [0.15, 0.2) is 70.7 Å². The Morgan fingerprint density at radius 3 is 2.47 bits per heavy atom. The molecule has 7 atom stereocenters. The molecular formula is C33H48O4S. The zero-order valence-electron chi connectivity index (χ0n) is 23.8. The monoisotopic (exact) mass is 540 g/mol. The molecule has 0 saturated heterocycles. The molecule has 0 amide bonds. The molecule has 1 unspecified atom stereocenters. The number of allylic oxidation sites excluding steroid dienone is 3. The fourth-order valence-electron chi connectivity index (χ4n) is 7.85. The van der Waals surface area contributed by atoms with Crippen LogP contribution in [-0.4, -0.2) is 36.1 Å². The van der Waals surface area contributed by atoms with Gasteiger partial charge in [-0.05, 0) is 104 Å². The number of sulfone groups is 1. The second-order valence-corrected chi connectivity index (χ2v) is 15.1. The Labute approximate surface area is 230 Å². The number of aliphatic hydroxyl groups is 2. The van der Waals surface area contributed by atoms with Crippen molar-refractivity contribution in [1.29, 1.82) is 0 Å². The Morgan fingerprint density at radius 2 is 1.79 bits per heavy atom. The average Bonchev–Trinajstić information content (AvgIpc) is 3.23. The third-order valence-corrected chi connectivity index (χ3v) is 12.4. The third-order valence-electron chi connectivity index (χ3n) is 10.0. The minimum Gasteiger partial charge on any atom is -0.393 e. The van der Waals surface area contributed by atoms with Crippen molar-refractivity contribution in [1.82, 2.24) is 0 Å². The summed E-state index contributed by atoms with van der Waals surface area (Å²) in [7, 11) is -3.43. The molecule has 0 bridgehead atoms. The van der Waals surface area contributed by atoms with Crippen LogP contribution >= 0.6 is 0 Å². The molecular weight excluding hydrogens is 492 g/mol. The first-order valence-electron chi connectivity index (χ1n) is 14.7. The molecule has 5 heteroatoms. The highest BCUT2D eigenvalue weighted by atomic mass is 32.2. The molecule has 3 fully saturated rings. The molecule has 0 aromatic heterocycles. The van der Waals surface area contributed by atoms with E-state index in [-0.39, 0.29) is 16.6 Å². The van der Waals surface area contributed by atoms with Gasteiger partial charge in [0.15, 0.2) is 9.84 Å². The van der Waals surface area contributed by atoms with Gasteiger partial charge in [0.1, 0.15) is 0 Å². The van der Waals surface area contributed by atoms with E-state index in [1.165, 1.54) is 5.57 Å². The Hall–Kier alpha value is -1.69. The maximum absolute atomic E-state index is 14.0. The van der Waals surface area contributed by atoms with Gasteiger partial charge in [0.2, 0.25) is 0 Å². The van der Waals surface area contributed by atoms with Gasteiger partial charge in [-0.1, -0.05) is 70.2 Å². The zero-order valence-corrected chi connectivity index (χ0v) is 24.6. The topological polar surface area (TPSA) is 74.6 Å². The molecule has 3 aliphatic carbocycles. The molecule has 210 valence electrons. The van der Waals surface area contributed by atoms with Crippen LogP contribution in [0.3, 0.4) is 0 Å². The van der Waals surface area contributed by atoms with Gasteiger partial charge in [-0.2, -0.15) is 0 Å². The quantitative estimate of drug-likeness (QED) is 0.371. The van der Waals surface area contributed by atoms with Crippen molar-refractivity contribution in [2.75, 3.05) is 0 Å². The Balaban J connectivity index is 1.61. The first-order chi connectivity index (χ1) is 17.9. The number of hydrogen-bond donors (Lipinski definition) is 2. The smallest absolute Gasteiger partial charge is 0.181 e. The molecule has 3 aliphatic rings. The van der Waals surface area contributed by atoms with E-state index in [4.69, 9.17) is 0 Å². The highest BCUT2D eigenvalue weighted by Gasteiger charge is 2.53. The van der Waals surface area contributed by atoms with Gasteiger partial charge in [0.05, 0.1) is 22.4 Å². The van der Waals surface area contributed by atoms with Crippen molar-refractivity contribution in [2.45, 2.75) is 108 Å². The van der Waals surface area contributed by atoms with E-state index in [1.54, 1.807) is 12.1 Å². The van der Waals surface area contributed by atoms with Crippen molar-refractivity contribution in [3.63, 3.8) is 0 Å². The molecule has 1 aromatic rings. The van der Waals surface area contributed by atoms with E-state index >= 15 is 0 Å². The average molecular weight is 541 g/mol. The van der Waals surface area contributed by atoms with Gasteiger partial charge < -0.3 is 10.2 Å². The molecule has 0 radical (unpaired) electrons. The summed E-state index contributed by atoms with van der Waals surface area (Å²) in [6.45, 7) is 13.0. The van der Waals surface area contributed by atoms with Gasteiger partial charge in [0.25, 0.3) is 0 Å². The van der Waals surface area contributed by atoms with Gasteiger partial charge >= 0.3 is 0 Å². The van der Waals surface area contributed by atoms with E-state index in [2.05, 4.69) is 46.4 Å². The van der Waals surface area contributed by atoms with Crippen LogP contribution in [0.4, 0.5) is 0 Å². The van der Waals surface area contributed by atoms with Crippen LogP contribution in [0.1, 0.15) is 85.5 Å². The second-order valence-electron chi connectivity index (χ2n) is 12.9. The molecule has 0 aliphatic heterocycles. The van der Waals surface area contributed by atoms with Crippen molar-refractivity contribution in [3.05, 3.63) is 65.8 Å². The van der Waals surface area contributed by atoms with Crippen LogP contribution in [0.5, 0.6) is 0 Å². The number of aliphatic hydroxyl groups excluding tert-OH is 2. The molecule has 4 rings (SSSR count). The summed E-state index contributed by atoms with van der Waals surface area (Å²) in [6, 6.07) is 9.05. The van der Waals surface area contributed by atoms with Crippen LogP contribution in [0.25, 0.3) is 0 Å². The van der Waals surface area contributed by atoms with Crippen LogP contribution in [-0.2, 0) is 9.84 Å². The van der Waals surface area contributed by atoms with Gasteiger partial charge in [-0.25, -0.2) is 8.42 Å². The maximum Gasteiger partial charge on any atom is 0.181 e. The summed E-state index contributed by atoms with van der Waals surface area (Å²) in [5.41, 5.74) is 3.18. The summed E-state index contributed by atoms with van der Waals surface area (Å²) in [5, 5.41) is 20.0. The SMILES string of the molecule is C=C1/C(=C\C=C2/CCC[C@]3(C)[C@@H]([C@H](C)C(CCC(C)C)S(=O)(=O)c4ccccc4)CC[C@@H]23)C[C@@H](O)C[C@@H]1O. The fraction of sp³-hybridized carbons (Fsp3) is 0.636. The van der Waals surface area contributed by atoms with E-state index in [0.717, 1.165) is 49.7 Å². The van der Waals surface area contributed by atoms with Gasteiger partial charge in [-0.15, -0.1) is 0 Å². The van der Waals surface area contributed by atoms with Crippen molar-refractivity contribution in [3.8, 4) is 0 Å². The van der Waals surface area contributed by atoms with Crippen molar-refractivity contribution >= 4 is 9.84 Å². The van der Waals surface area contributed by atoms with E-state index < -0.39 is 22.0 Å².